The molecule has 0 amide bonds. The van der Waals surface area contributed by atoms with Crippen LogP contribution in [0.1, 0.15) is 27.2 Å². The first kappa shape index (κ1) is 19.8. The Balaban J connectivity index is 1.72. The normalized spacial score (nSPS) is 11.5. The van der Waals surface area contributed by atoms with Crippen molar-refractivity contribution in [3.05, 3.63) is 71.0 Å². The molecule has 5 heteroatoms. The molecule has 3 aromatic rings. The van der Waals surface area contributed by atoms with Gasteiger partial charge in [-0.15, -0.1) is 11.8 Å². The zero-order valence-electron chi connectivity index (χ0n) is 16.1. The van der Waals surface area contributed by atoms with E-state index in [0.717, 1.165) is 34.8 Å². The van der Waals surface area contributed by atoms with E-state index in [1.54, 1.807) is 11.5 Å². The molecule has 1 heterocycles. The Kier molecular flexibility index (Phi) is 6.45. The van der Waals surface area contributed by atoms with Crippen molar-refractivity contribution in [3.63, 3.8) is 0 Å². The van der Waals surface area contributed by atoms with Gasteiger partial charge in [-0.1, -0.05) is 60.1 Å². The predicted molar refractivity (Wildman–Crippen MR) is 119 cm³/mol. The minimum absolute atomic E-state index is 0.0714. The van der Waals surface area contributed by atoms with Crippen molar-refractivity contribution < 1.29 is 0 Å². The van der Waals surface area contributed by atoms with Gasteiger partial charge in [-0.2, -0.15) is 0 Å². The number of aromatic nitrogens is 1. The Hall–Kier alpha value is -1.98. The van der Waals surface area contributed by atoms with Crippen LogP contribution < -0.4 is 10.9 Å². The third-order valence-electron chi connectivity index (χ3n) is 4.09. The second kappa shape index (κ2) is 8.81. The monoisotopic (exact) mass is 398 g/mol. The highest BCUT2D eigenvalue weighted by molar-refractivity contribution is 7.99. The van der Waals surface area contributed by atoms with Gasteiger partial charge >= 0.3 is 0 Å². The highest BCUT2D eigenvalue weighted by Gasteiger charge is 2.23. The van der Waals surface area contributed by atoms with Gasteiger partial charge in [0.25, 0.3) is 5.56 Å². The lowest BCUT2D eigenvalue weighted by molar-refractivity contribution is 0.419. The largest absolute Gasteiger partial charge is 0.379 e. The standard InChI is InChI=1S/C22H26N2OS2/c1-22(2,3)24-21(25)19(20(27-24)17-11-6-4-7-12-17)23-15-10-16-26-18-13-8-5-9-14-18/h4-9,11-14,23H,10,15-16H2,1-3H3. The molecular weight excluding hydrogens is 372 g/mol. The molecule has 3 nitrogen and oxygen atoms in total. The van der Waals surface area contributed by atoms with Gasteiger partial charge in [0.2, 0.25) is 0 Å². The van der Waals surface area contributed by atoms with Gasteiger partial charge in [0.1, 0.15) is 5.69 Å². The fourth-order valence-corrected chi connectivity index (χ4v) is 4.75. The van der Waals surface area contributed by atoms with Crippen LogP contribution in [0.2, 0.25) is 0 Å². The van der Waals surface area contributed by atoms with Gasteiger partial charge in [0, 0.05) is 11.4 Å². The lowest BCUT2D eigenvalue weighted by atomic mass is 10.1. The van der Waals surface area contributed by atoms with E-state index in [4.69, 9.17) is 0 Å². The number of hydrogen-bond donors (Lipinski definition) is 1. The quantitative estimate of drug-likeness (QED) is 0.396. The molecular formula is C22H26N2OS2. The zero-order valence-corrected chi connectivity index (χ0v) is 17.7. The van der Waals surface area contributed by atoms with Crippen LogP contribution in [-0.2, 0) is 5.54 Å². The van der Waals surface area contributed by atoms with Gasteiger partial charge in [0.15, 0.2) is 0 Å². The molecule has 0 radical (unpaired) electrons. The molecule has 0 aliphatic carbocycles. The molecule has 0 saturated heterocycles. The number of rotatable bonds is 7. The van der Waals surface area contributed by atoms with Crippen LogP contribution >= 0.6 is 23.3 Å². The van der Waals surface area contributed by atoms with Gasteiger partial charge in [-0.05, 0) is 50.6 Å². The molecule has 1 N–H and O–H groups in total. The first-order chi connectivity index (χ1) is 13.0. The molecule has 27 heavy (non-hydrogen) atoms. The van der Waals surface area contributed by atoms with E-state index in [1.165, 1.54) is 4.90 Å². The molecule has 142 valence electrons. The average molecular weight is 399 g/mol. The fourth-order valence-electron chi connectivity index (χ4n) is 2.75. The van der Waals surface area contributed by atoms with E-state index in [-0.39, 0.29) is 11.1 Å². The Bertz CT molecular complexity index is 909. The molecule has 0 unspecified atom stereocenters. The minimum Gasteiger partial charge on any atom is -0.379 e. The number of hydrogen-bond acceptors (Lipinski definition) is 4. The van der Waals surface area contributed by atoms with Crippen molar-refractivity contribution in [1.29, 1.82) is 0 Å². The van der Waals surface area contributed by atoms with Gasteiger partial charge in [0.05, 0.1) is 10.4 Å². The molecule has 0 fully saturated rings. The van der Waals surface area contributed by atoms with E-state index >= 15 is 0 Å². The number of anilines is 1. The highest BCUT2D eigenvalue weighted by Crippen LogP contribution is 2.33. The van der Waals surface area contributed by atoms with Crippen LogP contribution in [0.5, 0.6) is 0 Å². The Morgan fingerprint density at radius 3 is 2.26 bits per heavy atom. The number of nitrogens with zero attached hydrogens (tertiary/aromatic N) is 1. The molecule has 0 bridgehead atoms. The topological polar surface area (TPSA) is 34.0 Å². The molecule has 3 rings (SSSR count). The van der Waals surface area contributed by atoms with Gasteiger partial charge in [-0.3, -0.25) is 8.75 Å². The summed E-state index contributed by atoms with van der Waals surface area (Å²) in [5.74, 6) is 1.02. The summed E-state index contributed by atoms with van der Waals surface area (Å²) in [6.45, 7) is 7.00. The summed E-state index contributed by atoms with van der Waals surface area (Å²) in [4.78, 5) is 15.3. The van der Waals surface area contributed by atoms with E-state index in [2.05, 4.69) is 62.5 Å². The number of benzene rings is 2. The second-order valence-corrected chi connectivity index (χ2v) is 9.50. The third kappa shape index (κ3) is 5.05. The van der Waals surface area contributed by atoms with Gasteiger partial charge < -0.3 is 5.32 Å². The van der Waals surface area contributed by atoms with Crippen LogP contribution in [0.4, 0.5) is 5.69 Å². The zero-order chi connectivity index (χ0) is 19.3. The fraction of sp³-hybridized carbons (Fsp3) is 0.318. The molecule has 1 aromatic heterocycles. The molecule has 0 atom stereocenters. The minimum atomic E-state index is -0.228. The maximum absolute atomic E-state index is 13.0. The summed E-state index contributed by atoms with van der Waals surface area (Å²) in [5, 5.41) is 3.42. The lowest BCUT2D eigenvalue weighted by Gasteiger charge is -2.18. The smallest absolute Gasteiger partial charge is 0.285 e. The summed E-state index contributed by atoms with van der Waals surface area (Å²) in [5.41, 5.74) is 1.66. The van der Waals surface area contributed by atoms with Crippen molar-refractivity contribution in [2.24, 2.45) is 0 Å². The first-order valence-corrected chi connectivity index (χ1v) is 11.0. The van der Waals surface area contributed by atoms with Gasteiger partial charge in [-0.25, -0.2) is 0 Å². The van der Waals surface area contributed by atoms with E-state index in [0.29, 0.717) is 0 Å². The third-order valence-corrected chi connectivity index (χ3v) is 6.70. The predicted octanol–water partition coefficient (Wildman–Crippen LogP) is 5.93. The van der Waals surface area contributed by atoms with Crippen molar-refractivity contribution in [1.82, 2.24) is 3.96 Å². The van der Waals surface area contributed by atoms with Crippen molar-refractivity contribution >= 4 is 29.0 Å². The first-order valence-electron chi connectivity index (χ1n) is 9.21. The SMILES string of the molecule is CC(C)(C)n1sc(-c2ccccc2)c(NCCCSc2ccccc2)c1=O. The summed E-state index contributed by atoms with van der Waals surface area (Å²) in [7, 11) is 0. The van der Waals surface area contributed by atoms with Crippen molar-refractivity contribution in [3.8, 4) is 10.4 Å². The van der Waals surface area contributed by atoms with Crippen LogP contribution in [0, 0.1) is 0 Å². The van der Waals surface area contributed by atoms with E-state index in [1.807, 2.05) is 40.0 Å². The highest BCUT2D eigenvalue weighted by atomic mass is 32.2. The Morgan fingerprint density at radius 2 is 1.63 bits per heavy atom. The molecule has 0 aliphatic heterocycles. The number of thioether (sulfide) groups is 1. The average Bonchev–Trinajstić information content (AvgIpc) is 3.00. The van der Waals surface area contributed by atoms with Crippen molar-refractivity contribution in [2.75, 3.05) is 17.6 Å². The van der Waals surface area contributed by atoms with Crippen LogP contribution in [0.3, 0.4) is 0 Å². The summed E-state index contributed by atoms with van der Waals surface area (Å²) in [6, 6.07) is 20.6. The molecule has 2 aromatic carbocycles. The maximum Gasteiger partial charge on any atom is 0.285 e. The summed E-state index contributed by atoms with van der Waals surface area (Å²) in [6.07, 6.45) is 0.999. The van der Waals surface area contributed by atoms with E-state index in [9.17, 15) is 4.79 Å². The van der Waals surface area contributed by atoms with Crippen LogP contribution in [-0.4, -0.2) is 16.3 Å². The summed E-state index contributed by atoms with van der Waals surface area (Å²) >= 11 is 3.39. The lowest BCUT2D eigenvalue weighted by Crippen LogP contribution is -2.30. The Labute approximate surface area is 169 Å². The number of nitrogens with one attached hydrogen (secondary N) is 1. The molecule has 0 spiro atoms. The van der Waals surface area contributed by atoms with E-state index < -0.39 is 0 Å². The maximum atomic E-state index is 13.0. The second-order valence-electron chi connectivity index (χ2n) is 7.37. The Morgan fingerprint density at radius 1 is 1.00 bits per heavy atom. The van der Waals surface area contributed by atoms with Crippen LogP contribution in [0.25, 0.3) is 10.4 Å². The molecule has 0 saturated carbocycles. The molecule has 0 aliphatic rings. The van der Waals surface area contributed by atoms with Crippen molar-refractivity contribution in [2.45, 2.75) is 37.6 Å². The van der Waals surface area contributed by atoms with Crippen LogP contribution in [0.15, 0.2) is 70.4 Å². The summed E-state index contributed by atoms with van der Waals surface area (Å²) < 4.78 is 1.87.